The zero-order valence-corrected chi connectivity index (χ0v) is 12.3. The van der Waals surface area contributed by atoms with E-state index in [0.29, 0.717) is 12.3 Å². The Morgan fingerprint density at radius 3 is 2.39 bits per heavy atom. The average Bonchev–Trinajstić information content (AvgIpc) is 2.53. The molecule has 0 aliphatic carbocycles. The standard InChI is InChI=1S/C15H15N3O5/c1-11(23-13-5-3-2-4-6-13)10-16-14-8-7-12(17(19)20)9-15(14)18(21)22/h2-9,11,16H,10H2,1H3. The summed E-state index contributed by atoms with van der Waals surface area (Å²) in [5.74, 6) is 0.694. The lowest BCUT2D eigenvalue weighted by Gasteiger charge is -2.16. The molecule has 0 spiro atoms. The predicted octanol–water partition coefficient (Wildman–Crippen LogP) is 3.38. The fourth-order valence-corrected chi connectivity index (χ4v) is 1.96. The van der Waals surface area contributed by atoms with Crippen molar-refractivity contribution in [3.63, 3.8) is 0 Å². The Bertz CT molecular complexity index is 706. The van der Waals surface area contributed by atoms with Crippen molar-refractivity contribution in [3.05, 3.63) is 68.8 Å². The molecule has 0 radical (unpaired) electrons. The van der Waals surface area contributed by atoms with Gasteiger partial charge in [0.15, 0.2) is 0 Å². The maximum Gasteiger partial charge on any atom is 0.299 e. The summed E-state index contributed by atoms with van der Waals surface area (Å²) in [5.41, 5.74) is -0.453. The van der Waals surface area contributed by atoms with Crippen LogP contribution in [0.2, 0.25) is 0 Å². The van der Waals surface area contributed by atoms with Gasteiger partial charge in [-0.1, -0.05) is 18.2 Å². The first-order valence-electron chi connectivity index (χ1n) is 6.86. The van der Waals surface area contributed by atoms with Gasteiger partial charge in [-0.2, -0.15) is 0 Å². The van der Waals surface area contributed by atoms with Crippen LogP contribution < -0.4 is 10.1 Å². The van der Waals surface area contributed by atoms with E-state index in [1.807, 2.05) is 37.3 Å². The number of non-ortho nitro benzene ring substituents is 1. The molecule has 0 amide bonds. The summed E-state index contributed by atoms with van der Waals surface area (Å²) < 4.78 is 5.66. The molecule has 2 aromatic carbocycles. The quantitative estimate of drug-likeness (QED) is 0.619. The molecular weight excluding hydrogens is 302 g/mol. The fourth-order valence-electron chi connectivity index (χ4n) is 1.96. The molecule has 1 atom stereocenters. The number of hydrogen-bond donors (Lipinski definition) is 1. The SMILES string of the molecule is CC(CNc1ccc([N+](=O)[O-])cc1[N+](=O)[O-])Oc1ccccc1. The van der Waals surface area contributed by atoms with E-state index in [0.717, 1.165) is 6.07 Å². The predicted molar refractivity (Wildman–Crippen MR) is 84.8 cm³/mol. The molecule has 0 saturated carbocycles. The molecule has 0 aliphatic rings. The Morgan fingerprint density at radius 1 is 1.09 bits per heavy atom. The van der Waals surface area contributed by atoms with Crippen LogP contribution in [0.15, 0.2) is 48.5 Å². The van der Waals surface area contributed by atoms with E-state index in [-0.39, 0.29) is 23.2 Å². The van der Waals surface area contributed by atoms with Crippen LogP contribution in [0, 0.1) is 20.2 Å². The van der Waals surface area contributed by atoms with Crippen molar-refractivity contribution >= 4 is 17.1 Å². The molecule has 2 rings (SSSR count). The first-order valence-corrected chi connectivity index (χ1v) is 6.86. The minimum Gasteiger partial charge on any atom is -0.489 e. The third-order valence-electron chi connectivity index (χ3n) is 3.05. The fraction of sp³-hybridized carbons (Fsp3) is 0.200. The first kappa shape index (κ1) is 16.2. The highest BCUT2D eigenvalue weighted by molar-refractivity contribution is 5.65. The molecule has 1 N–H and O–H groups in total. The molecule has 8 heteroatoms. The van der Waals surface area contributed by atoms with Gasteiger partial charge in [-0.15, -0.1) is 0 Å². The number of hydrogen-bond acceptors (Lipinski definition) is 6. The van der Waals surface area contributed by atoms with Gasteiger partial charge in [-0.05, 0) is 25.1 Å². The van der Waals surface area contributed by atoms with E-state index < -0.39 is 9.85 Å². The van der Waals surface area contributed by atoms with Gasteiger partial charge < -0.3 is 10.1 Å². The largest absolute Gasteiger partial charge is 0.489 e. The van der Waals surface area contributed by atoms with Gasteiger partial charge in [0.05, 0.1) is 22.5 Å². The molecule has 23 heavy (non-hydrogen) atoms. The van der Waals surface area contributed by atoms with E-state index >= 15 is 0 Å². The lowest BCUT2D eigenvalue weighted by molar-refractivity contribution is -0.393. The Labute approximate surface area is 132 Å². The molecule has 0 heterocycles. The Hall–Kier alpha value is -3.16. The van der Waals surface area contributed by atoms with Gasteiger partial charge in [-0.3, -0.25) is 20.2 Å². The molecule has 8 nitrogen and oxygen atoms in total. The maximum absolute atomic E-state index is 11.0. The summed E-state index contributed by atoms with van der Waals surface area (Å²) in [4.78, 5) is 20.4. The number of nitrogens with zero attached hydrogens (tertiary/aromatic N) is 2. The Morgan fingerprint density at radius 2 is 1.78 bits per heavy atom. The highest BCUT2D eigenvalue weighted by Crippen LogP contribution is 2.28. The van der Waals surface area contributed by atoms with Crippen LogP contribution in [0.4, 0.5) is 17.1 Å². The molecule has 0 saturated heterocycles. The van der Waals surface area contributed by atoms with Crippen molar-refractivity contribution in [2.24, 2.45) is 0 Å². The molecule has 0 aliphatic heterocycles. The van der Waals surface area contributed by atoms with E-state index in [4.69, 9.17) is 4.74 Å². The molecule has 1 unspecified atom stereocenters. The second kappa shape index (κ2) is 7.21. The molecule has 0 fully saturated rings. The minimum absolute atomic E-state index is 0.212. The highest BCUT2D eigenvalue weighted by Gasteiger charge is 2.19. The number of anilines is 1. The van der Waals surface area contributed by atoms with Crippen LogP contribution in [-0.2, 0) is 0 Å². The summed E-state index contributed by atoms with van der Waals surface area (Å²) in [6.45, 7) is 2.13. The van der Waals surface area contributed by atoms with Gasteiger partial charge in [0.1, 0.15) is 17.5 Å². The second-order valence-electron chi connectivity index (χ2n) is 4.84. The number of nitro groups is 2. The normalized spacial score (nSPS) is 11.5. The third-order valence-corrected chi connectivity index (χ3v) is 3.05. The highest BCUT2D eigenvalue weighted by atomic mass is 16.6. The van der Waals surface area contributed by atoms with Crippen LogP contribution >= 0.6 is 0 Å². The molecule has 2 aromatic rings. The van der Waals surface area contributed by atoms with Crippen molar-refractivity contribution in [1.29, 1.82) is 0 Å². The van der Waals surface area contributed by atoms with Crippen molar-refractivity contribution in [1.82, 2.24) is 0 Å². The monoisotopic (exact) mass is 317 g/mol. The molecule has 120 valence electrons. The molecule has 0 aromatic heterocycles. The Kier molecular flexibility index (Phi) is 5.08. The summed E-state index contributed by atoms with van der Waals surface area (Å²) >= 11 is 0. The first-order chi connectivity index (χ1) is 11.0. The lowest BCUT2D eigenvalue weighted by Crippen LogP contribution is -2.23. The van der Waals surface area contributed by atoms with Crippen molar-refractivity contribution < 1.29 is 14.6 Å². The van der Waals surface area contributed by atoms with Gasteiger partial charge in [-0.25, -0.2) is 0 Å². The van der Waals surface area contributed by atoms with Crippen LogP contribution in [0.1, 0.15) is 6.92 Å². The molecule has 0 bridgehead atoms. The van der Waals surface area contributed by atoms with E-state index in [1.165, 1.54) is 12.1 Å². The van der Waals surface area contributed by atoms with Gasteiger partial charge in [0, 0.05) is 6.07 Å². The zero-order chi connectivity index (χ0) is 16.8. The number of para-hydroxylation sites is 1. The van der Waals surface area contributed by atoms with Crippen LogP contribution in [-0.4, -0.2) is 22.5 Å². The van der Waals surface area contributed by atoms with Crippen LogP contribution in [0.3, 0.4) is 0 Å². The summed E-state index contributed by atoms with van der Waals surface area (Å²) in [6, 6.07) is 12.7. The topological polar surface area (TPSA) is 108 Å². The number of rotatable bonds is 7. The number of nitro benzene ring substituents is 2. The van der Waals surface area contributed by atoms with Gasteiger partial charge in [0.25, 0.3) is 11.4 Å². The summed E-state index contributed by atoms with van der Waals surface area (Å²) in [6.07, 6.45) is -0.243. The third kappa shape index (κ3) is 4.40. The zero-order valence-electron chi connectivity index (χ0n) is 12.3. The van der Waals surface area contributed by atoms with Gasteiger partial charge in [0.2, 0.25) is 0 Å². The van der Waals surface area contributed by atoms with E-state index in [9.17, 15) is 20.2 Å². The maximum atomic E-state index is 11.0. The van der Waals surface area contributed by atoms with Crippen molar-refractivity contribution in [2.75, 3.05) is 11.9 Å². The second-order valence-corrected chi connectivity index (χ2v) is 4.84. The van der Waals surface area contributed by atoms with Crippen LogP contribution in [0.25, 0.3) is 0 Å². The van der Waals surface area contributed by atoms with Crippen molar-refractivity contribution in [3.8, 4) is 5.75 Å². The number of nitrogens with one attached hydrogen (secondary N) is 1. The number of ether oxygens (including phenoxy) is 1. The Balaban J connectivity index is 2.05. The van der Waals surface area contributed by atoms with Gasteiger partial charge >= 0.3 is 0 Å². The van der Waals surface area contributed by atoms with E-state index in [2.05, 4.69) is 5.32 Å². The van der Waals surface area contributed by atoms with Crippen molar-refractivity contribution in [2.45, 2.75) is 13.0 Å². The smallest absolute Gasteiger partial charge is 0.299 e. The average molecular weight is 317 g/mol. The minimum atomic E-state index is -0.669. The summed E-state index contributed by atoms with van der Waals surface area (Å²) in [5, 5.41) is 24.6. The number of benzene rings is 2. The summed E-state index contributed by atoms with van der Waals surface area (Å²) in [7, 11) is 0. The lowest BCUT2D eigenvalue weighted by atomic mass is 10.2. The van der Waals surface area contributed by atoms with E-state index in [1.54, 1.807) is 0 Å². The molecular formula is C15H15N3O5. The van der Waals surface area contributed by atoms with Crippen LogP contribution in [0.5, 0.6) is 5.75 Å².